The second kappa shape index (κ2) is 7.04. The molecular weight excluding hydrogens is 166 g/mol. The van der Waals surface area contributed by atoms with Gasteiger partial charge in [-0.05, 0) is 13.1 Å². The molecule has 78 valence electrons. The number of ketones is 1. The van der Waals surface area contributed by atoms with Crippen molar-refractivity contribution in [2.24, 2.45) is 0 Å². The maximum Gasteiger partial charge on any atom is 0.152 e. The maximum atomic E-state index is 11.5. The Morgan fingerprint density at radius 3 is 2.15 bits per heavy atom. The van der Waals surface area contributed by atoms with E-state index in [0.29, 0.717) is 13.0 Å². The van der Waals surface area contributed by atoms with Crippen LogP contribution in [0, 0.1) is 0 Å². The molecule has 0 rings (SSSR count). The van der Waals surface area contributed by atoms with E-state index in [1.54, 1.807) is 7.11 Å². The number of carbonyl (C=O) groups excluding carboxylic acids is 1. The molecular formula is C10H21NO2. The van der Waals surface area contributed by atoms with Crippen molar-refractivity contribution in [2.75, 3.05) is 26.8 Å². The Balaban J connectivity index is 4.28. The molecule has 3 nitrogen and oxygen atoms in total. The van der Waals surface area contributed by atoms with E-state index >= 15 is 0 Å². The van der Waals surface area contributed by atoms with E-state index in [1.807, 2.05) is 6.92 Å². The number of carbonyl (C=O) groups is 1. The molecule has 0 amide bonds. The molecule has 3 heteroatoms. The van der Waals surface area contributed by atoms with Crippen LogP contribution in [0.3, 0.4) is 0 Å². The number of nitrogens with zero attached hydrogens (tertiary/aromatic N) is 1. The van der Waals surface area contributed by atoms with E-state index < -0.39 is 0 Å². The molecule has 0 aliphatic rings. The van der Waals surface area contributed by atoms with Gasteiger partial charge in [-0.25, -0.2) is 0 Å². The minimum absolute atomic E-state index is 0.0509. The molecule has 0 aromatic carbocycles. The van der Waals surface area contributed by atoms with E-state index in [2.05, 4.69) is 18.7 Å². The lowest BCUT2D eigenvalue weighted by Gasteiger charge is -2.27. The number of hydrogen-bond donors (Lipinski definition) is 0. The molecule has 1 unspecified atom stereocenters. The number of rotatable bonds is 7. The third-order valence-corrected chi connectivity index (χ3v) is 2.30. The van der Waals surface area contributed by atoms with Crippen LogP contribution in [0.2, 0.25) is 0 Å². The van der Waals surface area contributed by atoms with Gasteiger partial charge >= 0.3 is 0 Å². The number of Topliss-reactive ketones (excluding diaryl/α,β-unsaturated/α-hetero) is 1. The summed E-state index contributed by atoms with van der Waals surface area (Å²) in [6, 6.07) is -0.0509. The fourth-order valence-corrected chi connectivity index (χ4v) is 1.46. The minimum atomic E-state index is -0.0509. The molecule has 0 saturated heterocycles. The largest absolute Gasteiger partial charge is 0.383 e. The molecule has 0 bridgehead atoms. The second-order valence-corrected chi connectivity index (χ2v) is 3.01. The van der Waals surface area contributed by atoms with Gasteiger partial charge in [0.1, 0.15) is 0 Å². The van der Waals surface area contributed by atoms with Gasteiger partial charge < -0.3 is 4.74 Å². The van der Waals surface area contributed by atoms with Gasteiger partial charge in [-0.3, -0.25) is 9.69 Å². The summed E-state index contributed by atoms with van der Waals surface area (Å²) in [6.45, 7) is 8.33. The first-order valence-corrected chi connectivity index (χ1v) is 4.96. The Bertz CT molecular complexity index is 144. The van der Waals surface area contributed by atoms with Gasteiger partial charge in [-0.2, -0.15) is 0 Å². The van der Waals surface area contributed by atoms with Crippen LogP contribution in [0.5, 0.6) is 0 Å². The molecule has 0 aliphatic heterocycles. The van der Waals surface area contributed by atoms with Crippen LogP contribution in [-0.2, 0) is 9.53 Å². The van der Waals surface area contributed by atoms with E-state index in [0.717, 1.165) is 13.1 Å². The molecule has 0 fully saturated rings. The Morgan fingerprint density at radius 1 is 1.31 bits per heavy atom. The lowest BCUT2D eigenvalue weighted by molar-refractivity contribution is -0.125. The summed E-state index contributed by atoms with van der Waals surface area (Å²) in [5.41, 5.74) is 0. The van der Waals surface area contributed by atoms with Gasteiger partial charge in [-0.15, -0.1) is 0 Å². The van der Waals surface area contributed by atoms with Crippen molar-refractivity contribution in [1.29, 1.82) is 0 Å². The lowest BCUT2D eigenvalue weighted by atomic mass is 10.1. The average molecular weight is 187 g/mol. The van der Waals surface area contributed by atoms with E-state index in [4.69, 9.17) is 4.74 Å². The van der Waals surface area contributed by atoms with Gasteiger partial charge in [-0.1, -0.05) is 20.8 Å². The third-order valence-electron chi connectivity index (χ3n) is 2.30. The van der Waals surface area contributed by atoms with E-state index in [-0.39, 0.29) is 11.8 Å². The smallest absolute Gasteiger partial charge is 0.152 e. The molecule has 0 aromatic heterocycles. The van der Waals surface area contributed by atoms with Crippen LogP contribution in [0.4, 0.5) is 0 Å². The van der Waals surface area contributed by atoms with Crippen LogP contribution in [0.15, 0.2) is 0 Å². The van der Waals surface area contributed by atoms with Crippen LogP contribution in [0.1, 0.15) is 27.2 Å². The van der Waals surface area contributed by atoms with Crippen molar-refractivity contribution in [3.63, 3.8) is 0 Å². The van der Waals surface area contributed by atoms with Crippen LogP contribution in [-0.4, -0.2) is 43.5 Å². The zero-order chi connectivity index (χ0) is 10.3. The van der Waals surface area contributed by atoms with Crippen molar-refractivity contribution in [3.8, 4) is 0 Å². The molecule has 1 atom stereocenters. The summed E-state index contributed by atoms with van der Waals surface area (Å²) in [4.78, 5) is 13.7. The van der Waals surface area contributed by atoms with Crippen molar-refractivity contribution < 1.29 is 9.53 Å². The molecule has 0 spiro atoms. The molecule has 0 heterocycles. The Morgan fingerprint density at radius 2 is 1.85 bits per heavy atom. The quantitative estimate of drug-likeness (QED) is 0.602. The minimum Gasteiger partial charge on any atom is -0.383 e. The Kier molecular flexibility index (Phi) is 6.82. The molecule has 0 aliphatic carbocycles. The first kappa shape index (κ1) is 12.6. The second-order valence-electron chi connectivity index (χ2n) is 3.01. The summed E-state index contributed by atoms with van der Waals surface area (Å²) >= 11 is 0. The summed E-state index contributed by atoms with van der Waals surface area (Å²) in [6.07, 6.45) is 0.588. The van der Waals surface area contributed by atoms with Crippen molar-refractivity contribution in [3.05, 3.63) is 0 Å². The van der Waals surface area contributed by atoms with Gasteiger partial charge in [0.25, 0.3) is 0 Å². The zero-order valence-electron chi connectivity index (χ0n) is 9.17. The standard InChI is InChI=1S/C10H21NO2/c1-5-10(12)9(8-13-4)11(6-2)7-3/h9H,5-8H2,1-4H3. The Hall–Kier alpha value is -0.410. The lowest BCUT2D eigenvalue weighted by Crippen LogP contribution is -2.43. The van der Waals surface area contributed by atoms with Crippen molar-refractivity contribution in [2.45, 2.75) is 33.2 Å². The van der Waals surface area contributed by atoms with Crippen molar-refractivity contribution in [1.82, 2.24) is 4.90 Å². The van der Waals surface area contributed by atoms with Crippen LogP contribution in [0.25, 0.3) is 0 Å². The molecule has 0 N–H and O–H groups in total. The van der Waals surface area contributed by atoms with Crippen molar-refractivity contribution >= 4 is 5.78 Å². The first-order valence-electron chi connectivity index (χ1n) is 4.96. The van der Waals surface area contributed by atoms with Gasteiger partial charge in [0.05, 0.1) is 12.6 Å². The maximum absolute atomic E-state index is 11.5. The topological polar surface area (TPSA) is 29.5 Å². The molecule has 0 saturated carbocycles. The number of methoxy groups -OCH3 is 1. The number of ether oxygens (including phenoxy) is 1. The average Bonchev–Trinajstić information content (AvgIpc) is 2.17. The van der Waals surface area contributed by atoms with Gasteiger partial charge in [0.15, 0.2) is 5.78 Å². The summed E-state index contributed by atoms with van der Waals surface area (Å²) in [7, 11) is 1.64. The first-order chi connectivity index (χ1) is 6.21. The highest BCUT2D eigenvalue weighted by Crippen LogP contribution is 2.03. The molecule has 0 radical (unpaired) electrons. The van der Waals surface area contributed by atoms with Gasteiger partial charge in [0.2, 0.25) is 0 Å². The van der Waals surface area contributed by atoms with Crippen LogP contribution < -0.4 is 0 Å². The highest BCUT2D eigenvalue weighted by Gasteiger charge is 2.21. The predicted octanol–water partition coefficient (Wildman–Crippen LogP) is 1.32. The SMILES string of the molecule is CCC(=O)C(COC)N(CC)CC. The fraction of sp³-hybridized carbons (Fsp3) is 0.900. The van der Waals surface area contributed by atoms with E-state index in [9.17, 15) is 4.79 Å². The zero-order valence-corrected chi connectivity index (χ0v) is 9.17. The normalized spacial score (nSPS) is 13.3. The third kappa shape index (κ3) is 3.87. The summed E-state index contributed by atoms with van der Waals surface area (Å²) in [5, 5.41) is 0. The monoisotopic (exact) mass is 187 g/mol. The predicted molar refractivity (Wildman–Crippen MR) is 53.9 cm³/mol. The van der Waals surface area contributed by atoms with Gasteiger partial charge in [0, 0.05) is 13.5 Å². The summed E-state index contributed by atoms with van der Waals surface area (Å²) < 4.78 is 5.05. The number of likely N-dealkylation sites (N-methyl/N-ethyl adjacent to an activating group) is 1. The molecule has 13 heavy (non-hydrogen) atoms. The summed E-state index contributed by atoms with van der Waals surface area (Å²) in [5.74, 6) is 0.269. The number of hydrogen-bond acceptors (Lipinski definition) is 3. The molecule has 0 aromatic rings. The highest BCUT2D eigenvalue weighted by molar-refractivity contribution is 5.83. The van der Waals surface area contributed by atoms with Crippen LogP contribution >= 0.6 is 0 Å². The highest BCUT2D eigenvalue weighted by atomic mass is 16.5. The Labute approximate surface area is 81.1 Å². The fourth-order valence-electron chi connectivity index (χ4n) is 1.46. The van der Waals surface area contributed by atoms with E-state index in [1.165, 1.54) is 0 Å².